The van der Waals surface area contributed by atoms with Gasteiger partial charge in [-0.1, -0.05) is 12.1 Å². The summed E-state index contributed by atoms with van der Waals surface area (Å²) in [5.41, 5.74) is 2.16. The number of carbonyl (C=O) groups is 1. The molecule has 0 aliphatic carbocycles. The molecule has 0 spiro atoms. The van der Waals surface area contributed by atoms with Crippen LogP contribution >= 0.6 is 0 Å². The average Bonchev–Trinajstić information content (AvgIpc) is 2.50. The minimum Gasteiger partial charge on any atom is -0.506 e. The molecule has 0 aliphatic rings. The lowest BCUT2D eigenvalue weighted by atomic mass is 10.1. The summed E-state index contributed by atoms with van der Waals surface area (Å²) in [6.45, 7) is 1.89. The number of ether oxygens (including phenoxy) is 2. The van der Waals surface area contributed by atoms with Crippen LogP contribution in [0.15, 0.2) is 36.4 Å². The third-order valence-electron chi connectivity index (χ3n) is 3.24. The highest BCUT2D eigenvalue weighted by molar-refractivity contribution is 5.93. The lowest BCUT2D eigenvalue weighted by Crippen LogP contribution is -2.14. The smallest absolute Gasteiger partial charge is 0.228 e. The number of aromatic hydroxyl groups is 1. The van der Waals surface area contributed by atoms with Crippen LogP contribution in [0.2, 0.25) is 0 Å². The van der Waals surface area contributed by atoms with E-state index in [0.717, 1.165) is 11.1 Å². The maximum Gasteiger partial charge on any atom is 0.228 e. The van der Waals surface area contributed by atoms with E-state index in [1.54, 1.807) is 50.6 Å². The van der Waals surface area contributed by atoms with Gasteiger partial charge in [0.1, 0.15) is 5.75 Å². The molecular weight excluding hydrogens is 282 g/mol. The Hall–Kier alpha value is -2.69. The second kappa shape index (κ2) is 6.85. The van der Waals surface area contributed by atoms with Crippen molar-refractivity contribution in [1.29, 1.82) is 0 Å². The van der Waals surface area contributed by atoms with Gasteiger partial charge in [0.05, 0.1) is 26.3 Å². The van der Waals surface area contributed by atoms with E-state index in [2.05, 4.69) is 5.32 Å². The Morgan fingerprint density at radius 1 is 1.09 bits per heavy atom. The number of rotatable bonds is 5. The number of carbonyl (C=O) groups excluding carboxylic acids is 1. The third-order valence-corrected chi connectivity index (χ3v) is 3.24. The van der Waals surface area contributed by atoms with E-state index < -0.39 is 0 Å². The molecule has 22 heavy (non-hydrogen) atoms. The van der Waals surface area contributed by atoms with Crippen LogP contribution in [0.4, 0.5) is 5.69 Å². The van der Waals surface area contributed by atoms with Crippen LogP contribution in [-0.2, 0) is 11.2 Å². The molecule has 2 N–H and O–H groups in total. The Morgan fingerprint density at radius 3 is 2.50 bits per heavy atom. The van der Waals surface area contributed by atoms with Crippen molar-refractivity contribution in [2.45, 2.75) is 13.3 Å². The number of hydrogen-bond donors (Lipinski definition) is 2. The standard InChI is InChI=1S/C17H19NO4/c1-11-4-6-14(19)13(8-11)18-17(20)10-12-5-7-15(21-2)16(9-12)22-3/h4-9,19H,10H2,1-3H3,(H,18,20). The van der Waals surface area contributed by atoms with Crippen molar-refractivity contribution >= 4 is 11.6 Å². The molecule has 5 nitrogen and oxygen atoms in total. The molecular formula is C17H19NO4. The predicted molar refractivity (Wildman–Crippen MR) is 84.7 cm³/mol. The largest absolute Gasteiger partial charge is 0.506 e. The highest BCUT2D eigenvalue weighted by atomic mass is 16.5. The van der Waals surface area contributed by atoms with Crippen molar-refractivity contribution in [3.05, 3.63) is 47.5 Å². The fraction of sp³-hybridized carbons (Fsp3) is 0.235. The van der Waals surface area contributed by atoms with Gasteiger partial charge in [0, 0.05) is 0 Å². The van der Waals surface area contributed by atoms with E-state index in [-0.39, 0.29) is 18.1 Å². The number of hydrogen-bond acceptors (Lipinski definition) is 4. The van der Waals surface area contributed by atoms with Crippen molar-refractivity contribution in [1.82, 2.24) is 0 Å². The van der Waals surface area contributed by atoms with Crippen LogP contribution in [0.1, 0.15) is 11.1 Å². The zero-order valence-corrected chi connectivity index (χ0v) is 12.8. The molecule has 2 aromatic carbocycles. The maximum atomic E-state index is 12.1. The molecule has 0 unspecified atom stereocenters. The number of anilines is 1. The molecule has 0 saturated carbocycles. The molecule has 2 aromatic rings. The molecule has 0 fully saturated rings. The number of phenols is 1. The molecule has 0 heterocycles. The normalized spacial score (nSPS) is 10.1. The van der Waals surface area contributed by atoms with Crippen molar-refractivity contribution in [2.75, 3.05) is 19.5 Å². The Labute approximate surface area is 129 Å². The summed E-state index contributed by atoms with van der Waals surface area (Å²) in [6, 6.07) is 10.4. The summed E-state index contributed by atoms with van der Waals surface area (Å²) in [6.07, 6.45) is 0.174. The van der Waals surface area contributed by atoms with Gasteiger partial charge in [0.25, 0.3) is 0 Å². The fourth-order valence-electron chi connectivity index (χ4n) is 2.12. The summed E-state index contributed by atoms with van der Waals surface area (Å²) in [7, 11) is 3.11. The highest BCUT2D eigenvalue weighted by Crippen LogP contribution is 2.28. The van der Waals surface area contributed by atoms with Crippen LogP contribution in [0.25, 0.3) is 0 Å². The zero-order valence-electron chi connectivity index (χ0n) is 12.8. The molecule has 5 heteroatoms. The Balaban J connectivity index is 2.10. The van der Waals surface area contributed by atoms with Gasteiger partial charge in [-0.15, -0.1) is 0 Å². The first kappa shape index (κ1) is 15.7. The molecule has 116 valence electrons. The molecule has 0 saturated heterocycles. The van der Waals surface area contributed by atoms with Crippen LogP contribution in [0, 0.1) is 6.92 Å². The van der Waals surface area contributed by atoms with Gasteiger partial charge >= 0.3 is 0 Å². The predicted octanol–water partition coefficient (Wildman–Crippen LogP) is 2.90. The monoisotopic (exact) mass is 301 g/mol. The highest BCUT2D eigenvalue weighted by Gasteiger charge is 2.10. The minimum absolute atomic E-state index is 0.0475. The van der Waals surface area contributed by atoms with E-state index in [1.807, 2.05) is 6.92 Å². The Kier molecular flexibility index (Phi) is 4.88. The lowest BCUT2D eigenvalue weighted by molar-refractivity contribution is -0.115. The van der Waals surface area contributed by atoms with E-state index in [4.69, 9.17) is 9.47 Å². The number of benzene rings is 2. The lowest BCUT2D eigenvalue weighted by Gasteiger charge is -2.11. The van der Waals surface area contributed by atoms with Gasteiger partial charge in [-0.25, -0.2) is 0 Å². The van der Waals surface area contributed by atoms with Gasteiger partial charge in [-0.2, -0.15) is 0 Å². The number of phenolic OH excluding ortho intramolecular Hbond substituents is 1. The summed E-state index contributed by atoms with van der Waals surface area (Å²) in [5.74, 6) is 1.02. The van der Waals surface area contributed by atoms with Crippen LogP contribution in [-0.4, -0.2) is 25.2 Å². The maximum absolute atomic E-state index is 12.1. The second-order valence-corrected chi connectivity index (χ2v) is 4.93. The number of amides is 1. The van der Waals surface area contributed by atoms with Crippen molar-refractivity contribution in [3.8, 4) is 17.2 Å². The molecule has 0 aromatic heterocycles. The second-order valence-electron chi connectivity index (χ2n) is 4.93. The van der Waals surface area contributed by atoms with Crippen molar-refractivity contribution in [2.24, 2.45) is 0 Å². The summed E-state index contributed by atoms with van der Waals surface area (Å²) < 4.78 is 10.4. The summed E-state index contributed by atoms with van der Waals surface area (Å²) in [5, 5.41) is 12.5. The van der Waals surface area contributed by atoms with E-state index in [0.29, 0.717) is 17.2 Å². The molecule has 0 aliphatic heterocycles. The van der Waals surface area contributed by atoms with E-state index >= 15 is 0 Å². The quantitative estimate of drug-likeness (QED) is 0.833. The van der Waals surface area contributed by atoms with Gasteiger partial charge in [-0.05, 0) is 42.3 Å². The zero-order chi connectivity index (χ0) is 16.1. The molecule has 0 radical (unpaired) electrons. The minimum atomic E-state index is -0.215. The molecule has 0 bridgehead atoms. The number of aryl methyl sites for hydroxylation is 1. The van der Waals surface area contributed by atoms with Gasteiger partial charge in [-0.3, -0.25) is 4.79 Å². The molecule has 1 amide bonds. The van der Waals surface area contributed by atoms with Crippen LogP contribution < -0.4 is 14.8 Å². The first-order valence-electron chi connectivity index (χ1n) is 6.84. The van der Waals surface area contributed by atoms with E-state index in [1.165, 1.54) is 0 Å². The van der Waals surface area contributed by atoms with Gasteiger partial charge < -0.3 is 19.9 Å². The number of nitrogens with one attached hydrogen (secondary N) is 1. The Morgan fingerprint density at radius 2 is 1.82 bits per heavy atom. The van der Waals surface area contributed by atoms with Crippen LogP contribution in [0.5, 0.6) is 17.2 Å². The van der Waals surface area contributed by atoms with Crippen LogP contribution in [0.3, 0.4) is 0 Å². The molecule has 2 rings (SSSR count). The van der Waals surface area contributed by atoms with Gasteiger partial charge in [0.2, 0.25) is 5.91 Å². The fourth-order valence-corrected chi connectivity index (χ4v) is 2.12. The summed E-state index contributed by atoms with van der Waals surface area (Å²) in [4.78, 5) is 12.1. The first-order chi connectivity index (χ1) is 10.5. The average molecular weight is 301 g/mol. The topological polar surface area (TPSA) is 67.8 Å². The summed E-state index contributed by atoms with van der Waals surface area (Å²) >= 11 is 0. The molecule has 0 atom stereocenters. The third kappa shape index (κ3) is 3.69. The Bertz CT molecular complexity index is 682. The van der Waals surface area contributed by atoms with Crippen molar-refractivity contribution in [3.63, 3.8) is 0 Å². The van der Waals surface area contributed by atoms with E-state index in [9.17, 15) is 9.90 Å². The van der Waals surface area contributed by atoms with Gasteiger partial charge in [0.15, 0.2) is 11.5 Å². The SMILES string of the molecule is COc1ccc(CC(=O)Nc2cc(C)ccc2O)cc1OC. The van der Waals surface area contributed by atoms with Crippen molar-refractivity contribution < 1.29 is 19.4 Å². The first-order valence-corrected chi connectivity index (χ1v) is 6.84. The number of methoxy groups -OCH3 is 2.